The van der Waals surface area contributed by atoms with Crippen LogP contribution in [0.2, 0.25) is 0 Å². The lowest BCUT2D eigenvalue weighted by atomic mass is 10.2. The molecule has 16 heavy (non-hydrogen) atoms. The van der Waals surface area contributed by atoms with E-state index < -0.39 is 0 Å². The third kappa shape index (κ3) is 1.03. The highest BCUT2D eigenvalue weighted by molar-refractivity contribution is 5.82. The van der Waals surface area contributed by atoms with Crippen LogP contribution < -0.4 is 0 Å². The van der Waals surface area contributed by atoms with Crippen molar-refractivity contribution < 1.29 is 0 Å². The van der Waals surface area contributed by atoms with E-state index in [9.17, 15) is 0 Å². The molecule has 2 aromatic heterocycles. The van der Waals surface area contributed by atoms with Crippen molar-refractivity contribution in [3.05, 3.63) is 42.2 Å². The van der Waals surface area contributed by atoms with Gasteiger partial charge in [-0.1, -0.05) is 18.2 Å². The molecule has 3 heteroatoms. The largest absolute Gasteiger partial charge is 0.279 e. The van der Waals surface area contributed by atoms with E-state index >= 15 is 0 Å². The molecule has 1 aliphatic rings. The molecule has 0 aliphatic heterocycles. The first kappa shape index (κ1) is 8.28. The maximum absolute atomic E-state index is 4.32. The second-order valence-electron chi connectivity index (χ2n) is 4.42. The summed E-state index contributed by atoms with van der Waals surface area (Å²) in [5, 5.41) is 9.81. The van der Waals surface area contributed by atoms with Crippen molar-refractivity contribution in [1.82, 2.24) is 14.6 Å². The van der Waals surface area contributed by atoms with E-state index in [2.05, 4.69) is 44.9 Å². The van der Waals surface area contributed by atoms with Gasteiger partial charge in [-0.3, -0.25) is 4.40 Å². The molecule has 4 rings (SSSR count). The Hall–Kier alpha value is -1.90. The number of benzene rings is 1. The van der Waals surface area contributed by atoms with Gasteiger partial charge in [-0.2, -0.15) is 0 Å². The summed E-state index contributed by atoms with van der Waals surface area (Å²) in [6.07, 6.45) is 2.51. The van der Waals surface area contributed by atoms with E-state index in [1.54, 1.807) is 0 Å². The van der Waals surface area contributed by atoms with E-state index in [0.717, 1.165) is 11.5 Å². The van der Waals surface area contributed by atoms with Gasteiger partial charge in [0, 0.05) is 5.92 Å². The monoisotopic (exact) mass is 209 g/mol. The SMILES string of the molecule is c1ccc2c(c1)ccc1nnc(C3CC3)n12. The maximum atomic E-state index is 4.32. The van der Waals surface area contributed by atoms with Crippen LogP contribution in [0.1, 0.15) is 24.6 Å². The fourth-order valence-corrected chi connectivity index (χ4v) is 2.27. The molecule has 1 saturated carbocycles. The third-order valence-corrected chi connectivity index (χ3v) is 3.25. The van der Waals surface area contributed by atoms with Gasteiger partial charge in [0.2, 0.25) is 0 Å². The molecule has 2 heterocycles. The number of nitrogens with zero attached hydrogens (tertiary/aromatic N) is 3. The molecular formula is C13H11N3. The zero-order chi connectivity index (χ0) is 10.5. The molecule has 1 aliphatic carbocycles. The first-order chi connectivity index (χ1) is 7.93. The Balaban J connectivity index is 2.20. The van der Waals surface area contributed by atoms with Crippen LogP contribution in [0.4, 0.5) is 0 Å². The minimum absolute atomic E-state index is 0.626. The first-order valence-corrected chi connectivity index (χ1v) is 5.66. The van der Waals surface area contributed by atoms with Crippen molar-refractivity contribution in [2.24, 2.45) is 0 Å². The highest BCUT2D eigenvalue weighted by Crippen LogP contribution is 2.39. The standard InChI is InChI=1S/C13H11N3/c1-2-4-11-9(3-1)7-8-12-14-15-13(16(11)12)10-5-6-10/h1-4,7-8,10H,5-6H2. The Morgan fingerprint density at radius 2 is 1.88 bits per heavy atom. The molecule has 1 aromatic carbocycles. The van der Waals surface area contributed by atoms with Gasteiger partial charge in [0.25, 0.3) is 0 Å². The van der Waals surface area contributed by atoms with Crippen molar-refractivity contribution >= 4 is 16.6 Å². The number of fused-ring (bicyclic) bond motifs is 3. The summed E-state index contributed by atoms with van der Waals surface area (Å²) >= 11 is 0. The molecule has 0 radical (unpaired) electrons. The average molecular weight is 209 g/mol. The number of aromatic nitrogens is 3. The van der Waals surface area contributed by atoms with Crippen LogP contribution in [0, 0.1) is 0 Å². The lowest BCUT2D eigenvalue weighted by Crippen LogP contribution is -1.93. The quantitative estimate of drug-likeness (QED) is 0.617. The molecule has 0 spiro atoms. The van der Waals surface area contributed by atoms with E-state index in [-0.39, 0.29) is 0 Å². The second-order valence-corrected chi connectivity index (χ2v) is 4.42. The first-order valence-electron chi connectivity index (χ1n) is 5.66. The van der Waals surface area contributed by atoms with Crippen molar-refractivity contribution in [3.63, 3.8) is 0 Å². The normalized spacial score (nSPS) is 16.0. The lowest BCUT2D eigenvalue weighted by molar-refractivity contribution is 0.910. The molecule has 3 nitrogen and oxygen atoms in total. The van der Waals surface area contributed by atoms with Crippen LogP contribution in [-0.4, -0.2) is 14.6 Å². The van der Waals surface area contributed by atoms with E-state index in [0.29, 0.717) is 5.92 Å². The van der Waals surface area contributed by atoms with Crippen molar-refractivity contribution in [2.75, 3.05) is 0 Å². The lowest BCUT2D eigenvalue weighted by Gasteiger charge is -2.03. The molecule has 0 unspecified atom stereocenters. The predicted molar refractivity (Wildman–Crippen MR) is 62.5 cm³/mol. The Kier molecular flexibility index (Phi) is 1.46. The van der Waals surface area contributed by atoms with Gasteiger partial charge in [0.15, 0.2) is 5.65 Å². The summed E-state index contributed by atoms with van der Waals surface area (Å²) < 4.78 is 2.20. The molecule has 1 fully saturated rings. The highest BCUT2D eigenvalue weighted by Gasteiger charge is 2.28. The fourth-order valence-electron chi connectivity index (χ4n) is 2.27. The van der Waals surface area contributed by atoms with Gasteiger partial charge in [-0.05, 0) is 36.4 Å². The summed E-state index contributed by atoms with van der Waals surface area (Å²) in [5.41, 5.74) is 2.17. The number of rotatable bonds is 1. The van der Waals surface area contributed by atoms with Gasteiger partial charge >= 0.3 is 0 Å². The topological polar surface area (TPSA) is 30.2 Å². The van der Waals surface area contributed by atoms with Crippen LogP contribution in [0.15, 0.2) is 36.4 Å². The summed E-state index contributed by atoms with van der Waals surface area (Å²) in [6, 6.07) is 12.5. The molecule has 0 N–H and O–H groups in total. The second kappa shape index (κ2) is 2.82. The zero-order valence-electron chi connectivity index (χ0n) is 8.80. The van der Waals surface area contributed by atoms with Gasteiger partial charge < -0.3 is 0 Å². The Morgan fingerprint density at radius 3 is 2.75 bits per heavy atom. The zero-order valence-corrected chi connectivity index (χ0v) is 8.80. The molecule has 0 bridgehead atoms. The van der Waals surface area contributed by atoms with Crippen molar-refractivity contribution in [2.45, 2.75) is 18.8 Å². The average Bonchev–Trinajstić information content (AvgIpc) is 3.08. The Bertz CT molecular complexity index is 680. The number of hydrogen-bond donors (Lipinski definition) is 0. The van der Waals surface area contributed by atoms with Crippen LogP contribution >= 0.6 is 0 Å². The van der Waals surface area contributed by atoms with E-state index in [1.807, 2.05) is 6.07 Å². The summed E-state index contributed by atoms with van der Waals surface area (Å²) in [7, 11) is 0. The molecule has 3 aromatic rings. The molecule has 78 valence electrons. The molecule has 0 amide bonds. The van der Waals surface area contributed by atoms with E-state index in [4.69, 9.17) is 0 Å². The molecule has 0 atom stereocenters. The molecule has 0 saturated heterocycles. The summed E-state index contributed by atoms with van der Waals surface area (Å²) in [5.74, 6) is 1.76. The smallest absolute Gasteiger partial charge is 0.161 e. The minimum Gasteiger partial charge on any atom is -0.279 e. The minimum atomic E-state index is 0.626. The van der Waals surface area contributed by atoms with Crippen molar-refractivity contribution in [3.8, 4) is 0 Å². The van der Waals surface area contributed by atoms with Crippen LogP contribution in [-0.2, 0) is 0 Å². The maximum Gasteiger partial charge on any atom is 0.161 e. The Labute approximate surface area is 92.7 Å². The van der Waals surface area contributed by atoms with Crippen LogP contribution in [0.3, 0.4) is 0 Å². The van der Waals surface area contributed by atoms with Crippen LogP contribution in [0.25, 0.3) is 16.6 Å². The van der Waals surface area contributed by atoms with Gasteiger partial charge in [-0.25, -0.2) is 0 Å². The summed E-state index contributed by atoms with van der Waals surface area (Å²) in [6.45, 7) is 0. The van der Waals surface area contributed by atoms with Gasteiger partial charge in [0.1, 0.15) is 5.82 Å². The number of pyridine rings is 1. The summed E-state index contributed by atoms with van der Waals surface area (Å²) in [4.78, 5) is 0. The number of para-hydroxylation sites is 1. The van der Waals surface area contributed by atoms with Crippen LogP contribution in [0.5, 0.6) is 0 Å². The van der Waals surface area contributed by atoms with E-state index in [1.165, 1.54) is 23.7 Å². The highest BCUT2D eigenvalue weighted by atomic mass is 15.3. The predicted octanol–water partition coefficient (Wildman–Crippen LogP) is 2.76. The van der Waals surface area contributed by atoms with Gasteiger partial charge in [-0.15, -0.1) is 10.2 Å². The van der Waals surface area contributed by atoms with Gasteiger partial charge in [0.05, 0.1) is 5.52 Å². The Morgan fingerprint density at radius 1 is 1.00 bits per heavy atom. The molecular weight excluding hydrogens is 198 g/mol. The van der Waals surface area contributed by atoms with Crippen molar-refractivity contribution in [1.29, 1.82) is 0 Å². The fraction of sp³-hybridized carbons (Fsp3) is 0.231. The third-order valence-electron chi connectivity index (χ3n) is 3.25. The number of hydrogen-bond acceptors (Lipinski definition) is 2.